The zero-order valence-electron chi connectivity index (χ0n) is 7.01. The van der Waals surface area contributed by atoms with Gasteiger partial charge in [0.1, 0.15) is 0 Å². The third kappa shape index (κ3) is 7.48. The minimum atomic E-state index is 1.10. The van der Waals surface area contributed by atoms with Crippen molar-refractivity contribution in [2.24, 2.45) is 0 Å². The van der Waals surface area contributed by atoms with Crippen LogP contribution in [0.4, 0.5) is 0 Å². The van der Waals surface area contributed by atoms with E-state index in [9.17, 15) is 0 Å². The molecule has 0 saturated heterocycles. The highest BCUT2D eigenvalue weighted by Crippen LogP contribution is 1.96. The fraction of sp³-hybridized carbons (Fsp3) is 0.500. The normalized spacial score (nSPS) is 11.8. The summed E-state index contributed by atoms with van der Waals surface area (Å²) in [5.41, 5.74) is 0. The van der Waals surface area contributed by atoms with E-state index < -0.39 is 0 Å². The van der Waals surface area contributed by atoms with Crippen molar-refractivity contribution in [3.63, 3.8) is 0 Å². The molecule has 0 atom stereocenters. The van der Waals surface area contributed by atoms with E-state index >= 15 is 0 Å². The number of allylic oxidation sites excluding steroid dienone is 4. The van der Waals surface area contributed by atoms with E-state index in [4.69, 9.17) is 0 Å². The van der Waals surface area contributed by atoms with E-state index in [1.165, 1.54) is 0 Å². The van der Waals surface area contributed by atoms with Gasteiger partial charge in [0.2, 0.25) is 0 Å². The Bertz CT molecular complexity index is 98.6. The molecule has 0 heteroatoms. The first-order valence-corrected chi connectivity index (χ1v) is 3.99. The van der Waals surface area contributed by atoms with Crippen LogP contribution in [-0.4, -0.2) is 0 Å². The van der Waals surface area contributed by atoms with Crippen LogP contribution in [0, 0.1) is 6.42 Å². The molecule has 0 amide bonds. The first-order chi connectivity index (χ1) is 4.91. The minimum Gasteiger partial charge on any atom is -0.0917 e. The Hall–Kier alpha value is -0.520. The largest absolute Gasteiger partial charge is 0.0917 e. The Morgan fingerprint density at radius 3 is 2.30 bits per heavy atom. The van der Waals surface area contributed by atoms with E-state index in [2.05, 4.69) is 44.6 Å². The van der Waals surface area contributed by atoms with Crippen molar-refractivity contribution >= 4 is 0 Å². The van der Waals surface area contributed by atoms with E-state index in [-0.39, 0.29) is 0 Å². The zero-order chi connectivity index (χ0) is 7.66. The van der Waals surface area contributed by atoms with Gasteiger partial charge in [-0.15, -0.1) is 0 Å². The maximum Gasteiger partial charge on any atom is -0.0311 e. The lowest BCUT2D eigenvalue weighted by atomic mass is 10.2. The van der Waals surface area contributed by atoms with Crippen molar-refractivity contribution in [1.29, 1.82) is 0 Å². The van der Waals surface area contributed by atoms with Crippen LogP contribution in [0.15, 0.2) is 24.3 Å². The van der Waals surface area contributed by atoms with Crippen LogP contribution in [-0.2, 0) is 0 Å². The van der Waals surface area contributed by atoms with E-state index in [1.807, 2.05) is 0 Å². The molecule has 0 nitrogen and oxygen atoms in total. The van der Waals surface area contributed by atoms with Crippen molar-refractivity contribution in [2.45, 2.75) is 33.1 Å². The van der Waals surface area contributed by atoms with Gasteiger partial charge >= 0.3 is 0 Å². The van der Waals surface area contributed by atoms with Crippen LogP contribution < -0.4 is 0 Å². The second-order valence-corrected chi connectivity index (χ2v) is 2.21. The van der Waals surface area contributed by atoms with Gasteiger partial charge in [-0.05, 0) is 32.6 Å². The predicted octanol–water partition coefficient (Wildman–Crippen LogP) is 3.51. The van der Waals surface area contributed by atoms with Gasteiger partial charge in [0.25, 0.3) is 0 Å². The SMILES string of the molecule is CC=CC[CH]CC=CCC. The van der Waals surface area contributed by atoms with Crippen molar-refractivity contribution in [1.82, 2.24) is 0 Å². The summed E-state index contributed by atoms with van der Waals surface area (Å²) >= 11 is 0. The molecule has 57 valence electrons. The number of rotatable bonds is 5. The molecule has 1 radical (unpaired) electrons. The standard InChI is InChI=1S/C10H17/c1-3-5-7-9-10-8-6-4-2/h3,5-6,8-9H,4,7,10H2,1-2H3. The molecule has 0 spiro atoms. The molecule has 0 rings (SSSR count). The highest BCUT2D eigenvalue weighted by atomic mass is 13.8. The fourth-order valence-corrected chi connectivity index (χ4v) is 0.688. The molecule has 0 bridgehead atoms. The van der Waals surface area contributed by atoms with Gasteiger partial charge in [-0.25, -0.2) is 0 Å². The predicted molar refractivity (Wildman–Crippen MR) is 47.8 cm³/mol. The van der Waals surface area contributed by atoms with Gasteiger partial charge in [-0.2, -0.15) is 0 Å². The van der Waals surface area contributed by atoms with Crippen LogP contribution in [0.2, 0.25) is 0 Å². The van der Waals surface area contributed by atoms with Crippen molar-refractivity contribution in [3.8, 4) is 0 Å². The second-order valence-electron chi connectivity index (χ2n) is 2.21. The molecule has 0 unspecified atom stereocenters. The molecular formula is C10H17. The topological polar surface area (TPSA) is 0 Å². The monoisotopic (exact) mass is 137 g/mol. The highest BCUT2D eigenvalue weighted by Gasteiger charge is 1.78. The second kappa shape index (κ2) is 8.48. The van der Waals surface area contributed by atoms with Crippen LogP contribution >= 0.6 is 0 Å². The quantitative estimate of drug-likeness (QED) is 0.402. The zero-order valence-corrected chi connectivity index (χ0v) is 7.01. The van der Waals surface area contributed by atoms with Gasteiger partial charge in [0, 0.05) is 0 Å². The molecule has 0 N–H and O–H groups in total. The number of hydrogen-bond donors (Lipinski definition) is 0. The molecule has 0 heterocycles. The lowest BCUT2D eigenvalue weighted by molar-refractivity contribution is 1.09. The fourth-order valence-electron chi connectivity index (χ4n) is 0.688. The third-order valence-corrected chi connectivity index (χ3v) is 1.24. The molecule has 0 saturated carbocycles. The minimum absolute atomic E-state index is 1.10. The average molecular weight is 137 g/mol. The van der Waals surface area contributed by atoms with E-state index in [0.29, 0.717) is 0 Å². The van der Waals surface area contributed by atoms with Gasteiger partial charge in [0.05, 0.1) is 0 Å². The maximum absolute atomic E-state index is 2.27. The first-order valence-electron chi connectivity index (χ1n) is 3.99. The molecule has 0 aliphatic rings. The molecule has 0 aromatic carbocycles. The van der Waals surface area contributed by atoms with E-state index in [1.54, 1.807) is 0 Å². The molecule has 0 aliphatic carbocycles. The first kappa shape index (κ1) is 9.48. The summed E-state index contributed by atoms with van der Waals surface area (Å²) < 4.78 is 0. The summed E-state index contributed by atoms with van der Waals surface area (Å²) in [5, 5.41) is 0. The van der Waals surface area contributed by atoms with Crippen LogP contribution in [0.1, 0.15) is 33.1 Å². The summed E-state index contributed by atoms with van der Waals surface area (Å²) in [5.74, 6) is 0. The van der Waals surface area contributed by atoms with Gasteiger partial charge < -0.3 is 0 Å². The van der Waals surface area contributed by atoms with Gasteiger partial charge in [0.15, 0.2) is 0 Å². The van der Waals surface area contributed by atoms with Crippen LogP contribution in [0.25, 0.3) is 0 Å². The molecule has 10 heavy (non-hydrogen) atoms. The van der Waals surface area contributed by atoms with E-state index in [0.717, 1.165) is 19.3 Å². The molecule has 0 aliphatic heterocycles. The average Bonchev–Trinajstić information content (AvgIpc) is 1.97. The Balaban J connectivity index is 2.97. The number of unbranched alkanes of at least 4 members (excludes halogenated alkanes) is 2. The lowest BCUT2D eigenvalue weighted by Crippen LogP contribution is -1.69. The summed E-state index contributed by atoms with van der Waals surface area (Å²) in [6.45, 7) is 4.21. The van der Waals surface area contributed by atoms with Crippen LogP contribution in [0.5, 0.6) is 0 Å². The smallest absolute Gasteiger partial charge is 0.0311 e. The van der Waals surface area contributed by atoms with Crippen LogP contribution in [0.3, 0.4) is 0 Å². The maximum atomic E-state index is 2.27. The molecule has 0 fully saturated rings. The van der Waals surface area contributed by atoms with Gasteiger partial charge in [-0.3, -0.25) is 0 Å². The highest BCUT2D eigenvalue weighted by molar-refractivity contribution is 4.90. The Kier molecular flexibility index (Phi) is 8.04. The number of hydrogen-bond acceptors (Lipinski definition) is 0. The molecule has 0 aromatic rings. The summed E-state index contributed by atoms with van der Waals surface area (Å²) in [4.78, 5) is 0. The van der Waals surface area contributed by atoms with Crippen molar-refractivity contribution in [3.05, 3.63) is 30.7 Å². The summed E-state index contributed by atoms with van der Waals surface area (Å²) in [6, 6.07) is 0. The summed E-state index contributed by atoms with van der Waals surface area (Å²) in [6.07, 6.45) is 14.3. The van der Waals surface area contributed by atoms with Crippen molar-refractivity contribution < 1.29 is 0 Å². The van der Waals surface area contributed by atoms with Gasteiger partial charge in [-0.1, -0.05) is 31.2 Å². The van der Waals surface area contributed by atoms with Crippen molar-refractivity contribution in [2.75, 3.05) is 0 Å². The third-order valence-electron chi connectivity index (χ3n) is 1.24. The summed E-state index contributed by atoms with van der Waals surface area (Å²) in [7, 11) is 0. The Morgan fingerprint density at radius 2 is 1.70 bits per heavy atom. The lowest BCUT2D eigenvalue weighted by Gasteiger charge is -1.87. The molecule has 0 aromatic heterocycles. The Labute approximate surface area is 64.6 Å². The Morgan fingerprint density at radius 1 is 1.00 bits per heavy atom. The molecular weight excluding hydrogens is 120 g/mol.